The molecule has 8 nitrogen and oxygen atoms in total. The molecule has 1 atom stereocenters. The van der Waals surface area contributed by atoms with Crippen LogP contribution in [0.3, 0.4) is 0 Å². The van der Waals surface area contributed by atoms with Crippen molar-refractivity contribution < 1.29 is 14.3 Å². The predicted octanol–water partition coefficient (Wildman–Crippen LogP) is 3.90. The lowest BCUT2D eigenvalue weighted by Gasteiger charge is -2.16. The Morgan fingerprint density at radius 2 is 1.86 bits per heavy atom. The summed E-state index contributed by atoms with van der Waals surface area (Å²) in [5.74, 6) is 1.50. The van der Waals surface area contributed by atoms with Gasteiger partial charge in [0.15, 0.2) is 16.7 Å². The number of hydrogen-bond acceptors (Lipinski definition) is 7. The molecule has 0 saturated heterocycles. The van der Waals surface area contributed by atoms with Crippen molar-refractivity contribution in [3.05, 3.63) is 82.3 Å². The molecule has 180 valence electrons. The minimum absolute atomic E-state index is 0.184. The number of pyridine rings is 1. The number of aryl methyl sites for hydroxylation is 1. The van der Waals surface area contributed by atoms with Gasteiger partial charge in [-0.3, -0.25) is 9.59 Å². The first-order valence-electron chi connectivity index (χ1n) is 11.0. The fourth-order valence-electron chi connectivity index (χ4n) is 3.57. The Labute approximate surface area is 207 Å². The number of ether oxygens (including phenoxy) is 2. The molecule has 4 rings (SSSR count). The number of aromatic nitrogens is 3. The first kappa shape index (κ1) is 24.3. The molecule has 1 unspecified atom stereocenters. The lowest BCUT2D eigenvalue weighted by molar-refractivity contribution is -0.120. The van der Waals surface area contributed by atoms with Crippen LogP contribution in [0.25, 0.3) is 16.7 Å². The number of hydrogen-bond donors (Lipinski definition) is 1. The number of nitrogens with zero attached hydrogens (tertiary/aromatic N) is 3. The third kappa shape index (κ3) is 5.30. The topological polar surface area (TPSA) is 95.3 Å². The number of carbonyl (C=O) groups is 1. The molecule has 2 aromatic carbocycles. The average molecular weight is 491 g/mol. The average Bonchev–Trinajstić information content (AvgIpc) is 2.87. The van der Waals surface area contributed by atoms with Crippen LogP contribution in [0.4, 0.5) is 0 Å². The van der Waals surface area contributed by atoms with E-state index in [1.165, 1.54) is 16.3 Å². The summed E-state index contributed by atoms with van der Waals surface area (Å²) in [5.41, 5.74) is 2.18. The Balaban J connectivity index is 1.59. The Morgan fingerprint density at radius 3 is 2.60 bits per heavy atom. The summed E-state index contributed by atoms with van der Waals surface area (Å²) < 4.78 is 12.1. The number of fused-ring (bicyclic) bond motifs is 1. The minimum atomic E-state index is -0.515. The maximum atomic E-state index is 13.4. The lowest BCUT2D eigenvalue weighted by Crippen LogP contribution is -2.31. The van der Waals surface area contributed by atoms with Crippen LogP contribution >= 0.6 is 11.8 Å². The van der Waals surface area contributed by atoms with Gasteiger partial charge in [0.1, 0.15) is 5.82 Å². The fourth-order valence-corrected chi connectivity index (χ4v) is 4.51. The number of rotatable bonds is 8. The molecule has 0 fully saturated rings. The largest absolute Gasteiger partial charge is 0.493 e. The van der Waals surface area contributed by atoms with Gasteiger partial charge in [0.05, 0.1) is 30.4 Å². The van der Waals surface area contributed by atoms with Crippen LogP contribution in [-0.2, 0) is 11.3 Å². The highest BCUT2D eigenvalue weighted by Crippen LogP contribution is 2.28. The maximum absolute atomic E-state index is 13.4. The molecule has 1 amide bonds. The van der Waals surface area contributed by atoms with Crippen LogP contribution in [0.1, 0.15) is 18.1 Å². The molecule has 35 heavy (non-hydrogen) atoms. The number of nitrogens with one attached hydrogen (secondary N) is 1. The van der Waals surface area contributed by atoms with Gasteiger partial charge in [-0.2, -0.15) is 0 Å². The van der Waals surface area contributed by atoms with Crippen LogP contribution in [0.5, 0.6) is 11.5 Å². The van der Waals surface area contributed by atoms with Crippen molar-refractivity contribution in [2.24, 2.45) is 0 Å². The van der Waals surface area contributed by atoms with E-state index >= 15 is 0 Å². The van der Waals surface area contributed by atoms with Crippen LogP contribution in [-0.4, -0.2) is 39.9 Å². The molecule has 9 heteroatoms. The quantitative estimate of drug-likeness (QED) is 0.296. The standard InChI is InChI=1S/C26H26N4O4S/c1-16-11-12-27-23(13-16)30-25(32)19-7-5-6-8-20(19)29-26(30)35-17(2)24(31)28-15-18-9-10-21(33-3)22(14-18)34-4/h5-14,17H,15H2,1-4H3,(H,28,31). The Kier molecular flexibility index (Phi) is 7.36. The smallest absolute Gasteiger partial charge is 0.267 e. The van der Waals surface area contributed by atoms with Gasteiger partial charge in [0.2, 0.25) is 5.91 Å². The number of benzene rings is 2. The van der Waals surface area contributed by atoms with Crippen LogP contribution in [0.15, 0.2) is 70.7 Å². The van der Waals surface area contributed by atoms with E-state index in [4.69, 9.17) is 14.5 Å². The number of amides is 1. The van der Waals surface area contributed by atoms with Crippen molar-refractivity contribution in [1.29, 1.82) is 0 Å². The monoisotopic (exact) mass is 490 g/mol. The van der Waals surface area contributed by atoms with E-state index in [2.05, 4.69) is 10.3 Å². The summed E-state index contributed by atoms with van der Waals surface area (Å²) in [4.78, 5) is 35.4. The highest BCUT2D eigenvalue weighted by atomic mass is 32.2. The summed E-state index contributed by atoms with van der Waals surface area (Å²) in [5, 5.41) is 3.32. The minimum Gasteiger partial charge on any atom is -0.493 e. The lowest BCUT2D eigenvalue weighted by atomic mass is 10.2. The second kappa shape index (κ2) is 10.6. The van der Waals surface area contributed by atoms with Gasteiger partial charge >= 0.3 is 0 Å². The van der Waals surface area contributed by atoms with Crippen LogP contribution in [0.2, 0.25) is 0 Å². The number of carbonyl (C=O) groups excluding carboxylic acids is 1. The second-order valence-corrected chi connectivity index (χ2v) is 9.22. The van der Waals surface area contributed by atoms with E-state index < -0.39 is 5.25 Å². The maximum Gasteiger partial charge on any atom is 0.267 e. The SMILES string of the molecule is COc1ccc(CNC(=O)C(C)Sc2nc3ccccc3c(=O)n2-c2cc(C)ccn2)cc1OC. The number of thioether (sulfide) groups is 1. The number of para-hydroxylation sites is 1. The van der Waals surface area contributed by atoms with Crippen molar-refractivity contribution in [2.75, 3.05) is 14.2 Å². The van der Waals surface area contributed by atoms with Gasteiger partial charge in [-0.05, 0) is 61.4 Å². The molecule has 4 aromatic rings. The first-order chi connectivity index (χ1) is 16.9. The van der Waals surface area contributed by atoms with E-state index in [0.29, 0.717) is 39.9 Å². The summed E-state index contributed by atoms with van der Waals surface area (Å²) in [6.07, 6.45) is 1.65. The highest BCUT2D eigenvalue weighted by Gasteiger charge is 2.21. The normalized spacial score (nSPS) is 11.8. The first-order valence-corrected chi connectivity index (χ1v) is 11.9. The van der Waals surface area contributed by atoms with Crippen molar-refractivity contribution in [3.8, 4) is 17.3 Å². The summed E-state index contributed by atoms with van der Waals surface area (Å²) in [6.45, 7) is 4.03. The molecule has 0 aliphatic heterocycles. The van der Waals surface area contributed by atoms with E-state index in [1.807, 2.05) is 37.3 Å². The molecule has 2 heterocycles. The Bertz CT molecular complexity index is 1440. The molecule has 0 aliphatic carbocycles. The molecule has 0 spiro atoms. The molecule has 0 aliphatic rings. The van der Waals surface area contributed by atoms with Gasteiger partial charge in [0, 0.05) is 12.7 Å². The van der Waals surface area contributed by atoms with Gasteiger partial charge in [-0.25, -0.2) is 14.5 Å². The zero-order chi connectivity index (χ0) is 24.9. The van der Waals surface area contributed by atoms with Gasteiger partial charge in [0.25, 0.3) is 5.56 Å². The van der Waals surface area contributed by atoms with Crippen LogP contribution < -0.4 is 20.3 Å². The summed E-state index contributed by atoms with van der Waals surface area (Å²) >= 11 is 1.21. The van der Waals surface area contributed by atoms with Crippen molar-refractivity contribution >= 4 is 28.6 Å². The molecular weight excluding hydrogens is 464 g/mol. The van der Waals surface area contributed by atoms with Gasteiger partial charge in [-0.1, -0.05) is 30.0 Å². The van der Waals surface area contributed by atoms with Gasteiger partial charge < -0.3 is 14.8 Å². The Morgan fingerprint density at radius 1 is 1.09 bits per heavy atom. The van der Waals surface area contributed by atoms with Crippen molar-refractivity contribution in [2.45, 2.75) is 30.8 Å². The van der Waals surface area contributed by atoms with E-state index in [-0.39, 0.29) is 11.5 Å². The molecule has 0 saturated carbocycles. The summed E-state index contributed by atoms with van der Waals surface area (Å²) in [7, 11) is 3.14. The third-order valence-electron chi connectivity index (χ3n) is 5.44. The molecule has 0 radical (unpaired) electrons. The van der Waals surface area contributed by atoms with Crippen molar-refractivity contribution in [3.63, 3.8) is 0 Å². The Hall–Kier alpha value is -3.85. The second-order valence-electron chi connectivity index (χ2n) is 7.91. The van der Waals surface area contributed by atoms with Gasteiger partial charge in [-0.15, -0.1) is 0 Å². The zero-order valence-electron chi connectivity index (χ0n) is 19.9. The highest BCUT2D eigenvalue weighted by molar-refractivity contribution is 8.00. The fraction of sp³-hybridized carbons (Fsp3) is 0.231. The summed E-state index contributed by atoms with van der Waals surface area (Å²) in [6, 6.07) is 16.3. The van der Waals surface area contributed by atoms with Crippen LogP contribution in [0, 0.1) is 6.92 Å². The third-order valence-corrected chi connectivity index (χ3v) is 6.49. The molecular formula is C26H26N4O4S. The van der Waals surface area contributed by atoms with E-state index in [0.717, 1.165) is 11.1 Å². The molecule has 0 bridgehead atoms. The van der Waals surface area contributed by atoms with E-state index in [9.17, 15) is 9.59 Å². The molecule has 1 N–H and O–H groups in total. The molecule has 2 aromatic heterocycles. The van der Waals surface area contributed by atoms with E-state index in [1.54, 1.807) is 51.6 Å². The van der Waals surface area contributed by atoms with Crippen molar-refractivity contribution in [1.82, 2.24) is 19.9 Å². The number of methoxy groups -OCH3 is 2. The zero-order valence-corrected chi connectivity index (χ0v) is 20.8. The predicted molar refractivity (Wildman–Crippen MR) is 137 cm³/mol.